The van der Waals surface area contributed by atoms with Crippen molar-refractivity contribution in [2.75, 3.05) is 6.54 Å². The molecule has 0 saturated heterocycles. The van der Waals surface area contributed by atoms with Crippen molar-refractivity contribution in [3.63, 3.8) is 0 Å². The molecule has 0 fully saturated rings. The van der Waals surface area contributed by atoms with E-state index < -0.39 is 0 Å². The van der Waals surface area contributed by atoms with Crippen LogP contribution in [-0.2, 0) is 6.42 Å². The molecule has 1 amide bonds. The van der Waals surface area contributed by atoms with Crippen LogP contribution in [0.1, 0.15) is 47.7 Å². The van der Waals surface area contributed by atoms with E-state index >= 15 is 0 Å². The van der Waals surface area contributed by atoms with Gasteiger partial charge in [0.25, 0.3) is 5.91 Å². The molecule has 0 unspecified atom stereocenters. The monoisotopic (exact) mass is 283 g/mol. The van der Waals surface area contributed by atoms with Gasteiger partial charge in [-0.05, 0) is 36.0 Å². The number of benzene rings is 1. The van der Waals surface area contributed by atoms with Crippen molar-refractivity contribution in [1.82, 2.24) is 15.5 Å². The average molecular weight is 283 g/mol. The van der Waals surface area contributed by atoms with Crippen molar-refractivity contribution in [1.29, 1.82) is 0 Å². The maximum atomic E-state index is 11.8. The summed E-state index contributed by atoms with van der Waals surface area (Å²) in [6, 6.07) is 10.4. The summed E-state index contributed by atoms with van der Waals surface area (Å²) in [5, 5.41) is 10.2. The number of nitrogens with zero attached hydrogens (tertiary/aromatic N) is 2. The van der Waals surface area contributed by atoms with E-state index in [1.165, 1.54) is 23.5 Å². The minimum absolute atomic E-state index is 0.0972. The Hall–Kier alpha value is -2.23. The molecule has 0 saturated carbocycles. The van der Waals surface area contributed by atoms with Gasteiger partial charge in [0.1, 0.15) is 0 Å². The first-order valence-corrected chi connectivity index (χ1v) is 7.30. The predicted octanol–water partition coefficient (Wildman–Crippen LogP) is 2.96. The molecule has 0 aliphatic heterocycles. The van der Waals surface area contributed by atoms with Crippen LogP contribution in [0.4, 0.5) is 0 Å². The molecule has 4 heteroatoms. The van der Waals surface area contributed by atoms with Crippen LogP contribution in [0, 0.1) is 0 Å². The molecule has 1 heterocycles. The lowest BCUT2D eigenvalue weighted by Crippen LogP contribution is -2.24. The first kappa shape index (κ1) is 15.2. The molecular weight excluding hydrogens is 262 g/mol. The molecule has 1 aromatic heterocycles. The molecule has 2 rings (SSSR count). The smallest absolute Gasteiger partial charge is 0.252 e. The molecule has 1 aromatic carbocycles. The van der Waals surface area contributed by atoms with Gasteiger partial charge < -0.3 is 5.32 Å². The zero-order valence-corrected chi connectivity index (χ0v) is 12.5. The zero-order valence-electron chi connectivity index (χ0n) is 12.5. The van der Waals surface area contributed by atoms with E-state index in [0.29, 0.717) is 18.0 Å². The van der Waals surface area contributed by atoms with Gasteiger partial charge in [-0.1, -0.05) is 38.1 Å². The number of rotatable bonds is 6. The fourth-order valence-corrected chi connectivity index (χ4v) is 2.09. The number of carbonyl (C=O) groups is 1. The van der Waals surface area contributed by atoms with Gasteiger partial charge in [0, 0.05) is 6.54 Å². The second-order valence-corrected chi connectivity index (χ2v) is 5.39. The summed E-state index contributed by atoms with van der Waals surface area (Å²) in [6.07, 6.45) is 4.88. The largest absolute Gasteiger partial charge is 0.352 e. The third kappa shape index (κ3) is 4.67. The summed E-state index contributed by atoms with van der Waals surface area (Å²) in [5.41, 5.74) is 3.21. The molecule has 1 N–H and O–H groups in total. The van der Waals surface area contributed by atoms with E-state index in [9.17, 15) is 4.79 Å². The van der Waals surface area contributed by atoms with Gasteiger partial charge in [-0.25, -0.2) is 0 Å². The van der Waals surface area contributed by atoms with Crippen molar-refractivity contribution in [3.05, 3.63) is 59.4 Å². The molecule has 0 bridgehead atoms. The van der Waals surface area contributed by atoms with Crippen molar-refractivity contribution in [3.8, 4) is 0 Å². The molecular formula is C17H21N3O. The highest BCUT2D eigenvalue weighted by molar-refractivity contribution is 5.93. The molecule has 0 radical (unpaired) electrons. The fraction of sp³-hybridized carbons (Fsp3) is 0.353. The quantitative estimate of drug-likeness (QED) is 0.829. The van der Waals surface area contributed by atoms with Crippen molar-refractivity contribution >= 4 is 5.91 Å². The Morgan fingerprint density at radius 1 is 1.14 bits per heavy atom. The van der Waals surface area contributed by atoms with Crippen LogP contribution >= 0.6 is 0 Å². The normalized spacial score (nSPS) is 10.6. The van der Waals surface area contributed by atoms with E-state index in [0.717, 1.165) is 12.8 Å². The molecule has 2 aromatic rings. The first-order chi connectivity index (χ1) is 10.2. The number of nitrogens with one attached hydrogen (secondary N) is 1. The molecule has 0 spiro atoms. The highest BCUT2D eigenvalue weighted by Gasteiger charge is 2.04. The van der Waals surface area contributed by atoms with Crippen LogP contribution in [0.3, 0.4) is 0 Å². The van der Waals surface area contributed by atoms with Gasteiger partial charge in [0.2, 0.25) is 0 Å². The van der Waals surface area contributed by atoms with Crippen LogP contribution in [-0.4, -0.2) is 22.6 Å². The molecule has 0 aliphatic carbocycles. The third-order valence-corrected chi connectivity index (χ3v) is 3.42. The zero-order chi connectivity index (χ0) is 15.1. The van der Waals surface area contributed by atoms with E-state index in [2.05, 4.69) is 53.6 Å². The summed E-state index contributed by atoms with van der Waals surface area (Å²) < 4.78 is 0. The topological polar surface area (TPSA) is 54.9 Å². The summed E-state index contributed by atoms with van der Waals surface area (Å²) in [7, 11) is 0. The number of carbonyl (C=O) groups excluding carboxylic acids is 1. The van der Waals surface area contributed by atoms with Crippen LogP contribution < -0.4 is 5.32 Å². The SMILES string of the molecule is CC(C)c1ccc(CCCNC(=O)c2ccnnc2)cc1. The Balaban J connectivity index is 1.73. The lowest BCUT2D eigenvalue weighted by atomic mass is 10.0. The first-order valence-electron chi connectivity index (χ1n) is 7.30. The molecule has 0 aliphatic rings. The highest BCUT2D eigenvalue weighted by atomic mass is 16.1. The van der Waals surface area contributed by atoms with E-state index in [1.807, 2.05) is 0 Å². The average Bonchev–Trinajstić information content (AvgIpc) is 2.52. The Bertz CT molecular complexity index is 564. The van der Waals surface area contributed by atoms with E-state index in [4.69, 9.17) is 0 Å². The Kier molecular flexibility index (Phi) is 5.43. The Labute approximate surface area is 125 Å². The minimum Gasteiger partial charge on any atom is -0.352 e. The van der Waals surface area contributed by atoms with Gasteiger partial charge in [0.05, 0.1) is 18.0 Å². The van der Waals surface area contributed by atoms with Gasteiger partial charge in [-0.2, -0.15) is 10.2 Å². The van der Waals surface area contributed by atoms with Crippen molar-refractivity contribution in [2.45, 2.75) is 32.6 Å². The molecule has 0 atom stereocenters. The molecule has 4 nitrogen and oxygen atoms in total. The number of hydrogen-bond donors (Lipinski definition) is 1. The van der Waals surface area contributed by atoms with E-state index in [-0.39, 0.29) is 5.91 Å². The van der Waals surface area contributed by atoms with Crippen LogP contribution in [0.25, 0.3) is 0 Å². The number of aryl methyl sites for hydroxylation is 1. The van der Waals surface area contributed by atoms with Gasteiger partial charge in [-0.3, -0.25) is 4.79 Å². The lowest BCUT2D eigenvalue weighted by molar-refractivity contribution is 0.0952. The maximum absolute atomic E-state index is 11.8. The van der Waals surface area contributed by atoms with E-state index in [1.54, 1.807) is 6.07 Å². The Morgan fingerprint density at radius 3 is 2.52 bits per heavy atom. The maximum Gasteiger partial charge on any atom is 0.252 e. The van der Waals surface area contributed by atoms with Crippen molar-refractivity contribution in [2.24, 2.45) is 0 Å². The van der Waals surface area contributed by atoms with Gasteiger partial charge in [-0.15, -0.1) is 0 Å². The van der Waals surface area contributed by atoms with Crippen LogP contribution in [0.5, 0.6) is 0 Å². The summed E-state index contributed by atoms with van der Waals surface area (Å²) in [6.45, 7) is 5.05. The third-order valence-electron chi connectivity index (χ3n) is 3.42. The van der Waals surface area contributed by atoms with Gasteiger partial charge >= 0.3 is 0 Å². The second kappa shape index (κ2) is 7.53. The van der Waals surface area contributed by atoms with Crippen LogP contribution in [0.15, 0.2) is 42.7 Å². The molecule has 110 valence electrons. The number of amides is 1. The van der Waals surface area contributed by atoms with Gasteiger partial charge in [0.15, 0.2) is 0 Å². The van der Waals surface area contributed by atoms with Crippen LogP contribution in [0.2, 0.25) is 0 Å². The minimum atomic E-state index is -0.0972. The number of aromatic nitrogens is 2. The van der Waals surface area contributed by atoms with Crippen molar-refractivity contribution < 1.29 is 4.79 Å². The highest BCUT2D eigenvalue weighted by Crippen LogP contribution is 2.15. The lowest BCUT2D eigenvalue weighted by Gasteiger charge is -2.07. The predicted molar refractivity (Wildman–Crippen MR) is 83.2 cm³/mol. The summed E-state index contributed by atoms with van der Waals surface area (Å²) >= 11 is 0. The second-order valence-electron chi connectivity index (χ2n) is 5.39. The Morgan fingerprint density at radius 2 is 1.90 bits per heavy atom. The fourth-order valence-electron chi connectivity index (χ4n) is 2.09. The standard InChI is InChI=1S/C17H21N3O/c1-13(2)15-7-5-14(6-8-15)4-3-10-18-17(21)16-9-11-19-20-12-16/h5-9,11-13H,3-4,10H2,1-2H3,(H,18,21). The summed E-state index contributed by atoms with van der Waals surface area (Å²) in [5.74, 6) is 0.465. The summed E-state index contributed by atoms with van der Waals surface area (Å²) in [4.78, 5) is 11.8. The molecule has 21 heavy (non-hydrogen) atoms. The number of hydrogen-bond acceptors (Lipinski definition) is 3.